The average Bonchev–Trinajstić information content (AvgIpc) is 2.79. The molecular weight excluding hydrogens is 314 g/mol. The molecule has 10 heteroatoms. The van der Waals surface area contributed by atoms with Crippen LogP contribution in [0.2, 0.25) is 0 Å². The first kappa shape index (κ1) is 15.3. The number of carbonyl (C=O) groups excluding carboxylic acids is 1. The molecule has 2 rings (SSSR count). The fourth-order valence-electron chi connectivity index (χ4n) is 1.43. The fraction of sp³-hybridized carbons (Fsp3) is 0.182. The first-order valence-electron chi connectivity index (χ1n) is 5.41. The summed E-state index contributed by atoms with van der Waals surface area (Å²) in [7, 11) is 0. The molecular formula is C11H7F4N3O2S. The number of phenols is 1. The molecule has 1 aliphatic heterocycles. The zero-order valence-corrected chi connectivity index (χ0v) is 10.9. The summed E-state index contributed by atoms with van der Waals surface area (Å²) in [6.45, 7) is 0. The second kappa shape index (κ2) is 5.72. The van der Waals surface area contributed by atoms with E-state index in [0.29, 0.717) is 6.07 Å². The van der Waals surface area contributed by atoms with Gasteiger partial charge in [0.1, 0.15) is 0 Å². The van der Waals surface area contributed by atoms with E-state index in [-0.39, 0.29) is 22.4 Å². The molecule has 112 valence electrons. The molecule has 0 spiro atoms. The lowest BCUT2D eigenvalue weighted by atomic mass is 10.1. The molecule has 1 aliphatic rings. The monoisotopic (exact) mass is 321 g/mol. The third-order valence-electron chi connectivity index (χ3n) is 2.38. The van der Waals surface area contributed by atoms with E-state index < -0.39 is 23.3 Å². The predicted octanol–water partition coefficient (Wildman–Crippen LogP) is 2.10. The summed E-state index contributed by atoms with van der Waals surface area (Å²) in [5.74, 6) is -3.01. The van der Waals surface area contributed by atoms with E-state index in [1.165, 1.54) is 0 Å². The molecule has 1 amide bonds. The molecule has 1 saturated heterocycles. The molecule has 0 atom stereocenters. The lowest BCUT2D eigenvalue weighted by molar-refractivity contribution is -0.140. The first-order valence-corrected chi connectivity index (χ1v) is 6.40. The van der Waals surface area contributed by atoms with E-state index in [4.69, 9.17) is 0 Å². The number of amidine groups is 1. The number of halogens is 4. The molecule has 5 nitrogen and oxygen atoms in total. The van der Waals surface area contributed by atoms with Crippen molar-refractivity contribution >= 4 is 29.1 Å². The summed E-state index contributed by atoms with van der Waals surface area (Å²) >= 11 is 1.09. The van der Waals surface area contributed by atoms with Crippen LogP contribution in [0, 0.1) is 5.82 Å². The van der Waals surface area contributed by atoms with E-state index in [2.05, 4.69) is 15.5 Å². The van der Waals surface area contributed by atoms with Crippen LogP contribution in [0.5, 0.6) is 5.75 Å². The Kier molecular flexibility index (Phi) is 4.16. The lowest BCUT2D eigenvalue weighted by Crippen LogP contribution is -2.19. The SMILES string of the molecule is O=C1CSC(=NN=Cc2ccc(C(F)(F)F)c(F)c2O)N1. The average molecular weight is 321 g/mol. The highest BCUT2D eigenvalue weighted by Crippen LogP contribution is 2.35. The van der Waals surface area contributed by atoms with Crippen LogP contribution in [0.1, 0.15) is 11.1 Å². The Morgan fingerprint density at radius 3 is 2.67 bits per heavy atom. The standard InChI is InChI=1S/C11H7F4N3O2S/c12-8-6(11(13,14)15)2-1-5(9(8)20)3-16-18-10-17-7(19)4-21-10/h1-3,20H,4H2,(H,17,18,19). The zero-order chi connectivity index (χ0) is 15.6. The van der Waals surface area contributed by atoms with Gasteiger partial charge >= 0.3 is 6.18 Å². The van der Waals surface area contributed by atoms with Crippen LogP contribution in [-0.2, 0) is 11.0 Å². The van der Waals surface area contributed by atoms with Crippen LogP contribution in [0.25, 0.3) is 0 Å². The molecule has 0 radical (unpaired) electrons. The first-order chi connectivity index (χ1) is 9.79. The molecule has 1 fully saturated rings. The zero-order valence-electron chi connectivity index (χ0n) is 10.1. The topological polar surface area (TPSA) is 74.0 Å². The molecule has 1 aromatic carbocycles. The van der Waals surface area contributed by atoms with Crippen molar-refractivity contribution in [1.82, 2.24) is 5.32 Å². The van der Waals surface area contributed by atoms with Gasteiger partial charge in [-0.1, -0.05) is 11.8 Å². The number of aromatic hydroxyl groups is 1. The van der Waals surface area contributed by atoms with Gasteiger partial charge in [-0.2, -0.15) is 18.3 Å². The van der Waals surface area contributed by atoms with Gasteiger partial charge in [0.15, 0.2) is 16.7 Å². The summed E-state index contributed by atoms with van der Waals surface area (Å²) in [5, 5.41) is 19.0. The minimum atomic E-state index is -4.90. The molecule has 0 bridgehead atoms. The van der Waals surface area contributed by atoms with E-state index in [1.807, 2.05) is 0 Å². The maximum atomic E-state index is 13.4. The summed E-state index contributed by atoms with van der Waals surface area (Å²) < 4.78 is 50.6. The van der Waals surface area contributed by atoms with Crippen LogP contribution in [-0.4, -0.2) is 28.1 Å². The lowest BCUT2D eigenvalue weighted by Gasteiger charge is -2.09. The number of nitrogens with one attached hydrogen (secondary N) is 1. The van der Waals surface area contributed by atoms with Crippen molar-refractivity contribution in [3.63, 3.8) is 0 Å². The molecule has 1 aromatic rings. The number of rotatable bonds is 2. The molecule has 0 saturated carbocycles. The number of benzene rings is 1. The molecule has 0 unspecified atom stereocenters. The van der Waals surface area contributed by atoms with Crippen molar-refractivity contribution < 1.29 is 27.5 Å². The molecule has 21 heavy (non-hydrogen) atoms. The summed E-state index contributed by atoms with van der Waals surface area (Å²) in [4.78, 5) is 10.9. The minimum Gasteiger partial charge on any atom is -0.504 e. The third kappa shape index (κ3) is 3.51. The number of nitrogens with zero attached hydrogens (tertiary/aromatic N) is 2. The third-order valence-corrected chi connectivity index (χ3v) is 3.25. The Bertz CT molecular complexity index is 643. The van der Waals surface area contributed by atoms with Gasteiger partial charge in [-0.3, -0.25) is 4.79 Å². The Labute approximate surface area is 119 Å². The summed E-state index contributed by atoms with van der Waals surface area (Å²) in [6.07, 6.45) is -4.02. The van der Waals surface area contributed by atoms with Crippen LogP contribution < -0.4 is 5.32 Å². The van der Waals surface area contributed by atoms with Gasteiger partial charge in [0.05, 0.1) is 17.5 Å². The number of hydrogen-bond donors (Lipinski definition) is 2. The molecule has 0 aromatic heterocycles. The number of phenolic OH excluding ortho intramolecular Hbond substituents is 1. The van der Waals surface area contributed by atoms with Gasteiger partial charge in [-0.05, 0) is 12.1 Å². The van der Waals surface area contributed by atoms with Crippen LogP contribution >= 0.6 is 11.8 Å². The van der Waals surface area contributed by atoms with Crippen LogP contribution in [0.3, 0.4) is 0 Å². The van der Waals surface area contributed by atoms with Crippen molar-refractivity contribution in [2.45, 2.75) is 6.18 Å². The number of alkyl halides is 3. The van der Waals surface area contributed by atoms with Gasteiger partial charge in [0.2, 0.25) is 5.91 Å². The number of thioether (sulfide) groups is 1. The van der Waals surface area contributed by atoms with Gasteiger partial charge in [-0.15, -0.1) is 5.10 Å². The Morgan fingerprint density at radius 2 is 2.10 bits per heavy atom. The molecule has 2 N–H and O–H groups in total. The maximum Gasteiger partial charge on any atom is 0.419 e. The van der Waals surface area contributed by atoms with Crippen LogP contribution in [0.15, 0.2) is 22.3 Å². The largest absolute Gasteiger partial charge is 0.504 e. The Hall–Kier alpha value is -2.10. The second-order valence-corrected chi connectivity index (χ2v) is 4.81. The summed E-state index contributed by atoms with van der Waals surface area (Å²) in [5.41, 5.74) is -1.83. The highest BCUT2D eigenvalue weighted by molar-refractivity contribution is 8.15. The minimum absolute atomic E-state index is 0.189. The second-order valence-electron chi connectivity index (χ2n) is 3.85. The van der Waals surface area contributed by atoms with E-state index in [0.717, 1.165) is 24.0 Å². The van der Waals surface area contributed by atoms with E-state index >= 15 is 0 Å². The van der Waals surface area contributed by atoms with Gasteiger partial charge < -0.3 is 10.4 Å². The fourth-order valence-corrected chi connectivity index (χ4v) is 2.06. The van der Waals surface area contributed by atoms with Crippen molar-refractivity contribution in [3.8, 4) is 5.75 Å². The van der Waals surface area contributed by atoms with Crippen molar-refractivity contribution in [2.75, 3.05) is 5.75 Å². The molecule has 0 aliphatic carbocycles. The van der Waals surface area contributed by atoms with Gasteiger partial charge in [0, 0.05) is 5.56 Å². The Balaban J connectivity index is 2.22. The highest BCUT2D eigenvalue weighted by Gasteiger charge is 2.35. The maximum absolute atomic E-state index is 13.4. The number of hydrogen-bond acceptors (Lipinski definition) is 5. The Morgan fingerprint density at radius 1 is 1.38 bits per heavy atom. The highest BCUT2D eigenvalue weighted by atomic mass is 32.2. The van der Waals surface area contributed by atoms with Crippen LogP contribution in [0.4, 0.5) is 17.6 Å². The van der Waals surface area contributed by atoms with E-state index in [1.54, 1.807) is 0 Å². The van der Waals surface area contributed by atoms with Gasteiger partial charge in [0.25, 0.3) is 0 Å². The molecule has 1 heterocycles. The normalized spacial score (nSPS) is 17.7. The smallest absolute Gasteiger partial charge is 0.419 e. The van der Waals surface area contributed by atoms with Crippen molar-refractivity contribution in [3.05, 3.63) is 29.1 Å². The number of carbonyl (C=O) groups is 1. The quantitative estimate of drug-likeness (QED) is 0.498. The van der Waals surface area contributed by atoms with Crippen molar-refractivity contribution in [2.24, 2.45) is 10.2 Å². The van der Waals surface area contributed by atoms with Crippen molar-refractivity contribution in [1.29, 1.82) is 0 Å². The predicted molar refractivity (Wildman–Crippen MR) is 68.7 cm³/mol. The van der Waals surface area contributed by atoms with E-state index in [9.17, 15) is 27.5 Å². The summed E-state index contributed by atoms with van der Waals surface area (Å²) in [6, 6.07) is 1.36. The van der Waals surface area contributed by atoms with Gasteiger partial charge in [-0.25, -0.2) is 4.39 Å². The number of amides is 1.